The van der Waals surface area contributed by atoms with Crippen LogP contribution in [0.3, 0.4) is 0 Å². The molecule has 2 fully saturated rings. The van der Waals surface area contributed by atoms with Crippen molar-refractivity contribution in [3.05, 3.63) is 23.9 Å². The molecular formula is C15H22BN3O3. The van der Waals surface area contributed by atoms with Gasteiger partial charge in [0, 0.05) is 24.3 Å². The number of hydrogen-bond acceptors (Lipinski definition) is 6. The quantitative estimate of drug-likeness (QED) is 0.640. The van der Waals surface area contributed by atoms with Crippen molar-refractivity contribution in [1.82, 2.24) is 10.2 Å². The monoisotopic (exact) mass is 303 g/mol. The summed E-state index contributed by atoms with van der Waals surface area (Å²) in [5.74, 6) is 0.567. The molecule has 2 aliphatic rings. The average Bonchev–Trinajstić information content (AvgIpc) is 2.77. The van der Waals surface area contributed by atoms with Gasteiger partial charge >= 0.3 is 13.0 Å². The minimum Gasteiger partial charge on any atom is -0.465 e. The second kappa shape index (κ2) is 6.26. The number of methoxy groups -OCH3 is 1. The number of piperidine rings is 1. The van der Waals surface area contributed by atoms with E-state index in [2.05, 4.69) is 15.1 Å². The fourth-order valence-electron chi connectivity index (χ4n) is 3.81. The van der Waals surface area contributed by atoms with Gasteiger partial charge in [0.2, 0.25) is 0 Å². The van der Waals surface area contributed by atoms with Crippen LogP contribution in [0, 0.1) is 0 Å². The summed E-state index contributed by atoms with van der Waals surface area (Å²) in [4.78, 5) is 18.3. The molecule has 0 saturated carbocycles. The van der Waals surface area contributed by atoms with Crippen molar-refractivity contribution >= 4 is 18.8 Å². The van der Waals surface area contributed by atoms with E-state index in [1.54, 1.807) is 19.1 Å². The molecule has 6 nitrogen and oxygen atoms in total. The number of carbonyl (C=O) groups excluding carboxylic acids is 1. The molecule has 7 heteroatoms. The normalized spacial score (nSPS) is 26.9. The molecule has 2 N–H and O–H groups in total. The second-order valence-electron chi connectivity index (χ2n) is 6.20. The first kappa shape index (κ1) is 15.3. The predicted molar refractivity (Wildman–Crippen MR) is 84.9 cm³/mol. The van der Waals surface area contributed by atoms with Crippen molar-refractivity contribution in [3.63, 3.8) is 0 Å². The number of aromatic nitrogens is 1. The molecule has 0 aromatic carbocycles. The first-order valence-corrected chi connectivity index (χ1v) is 7.85. The van der Waals surface area contributed by atoms with Crippen LogP contribution in [0.15, 0.2) is 18.3 Å². The molecule has 0 spiro atoms. The largest absolute Gasteiger partial charge is 0.465 e. The van der Waals surface area contributed by atoms with Crippen LogP contribution in [0.1, 0.15) is 36.0 Å². The first-order valence-electron chi connectivity index (χ1n) is 7.85. The summed E-state index contributed by atoms with van der Waals surface area (Å²) in [6.07, 6.45) is 5.93. The highest BCUT2D eigenvalue weighted by molar-refractivity contribution is 6.45. The Bertz CT molecular complexity index is 523. The summed E-state index contributed by atoms with van der Waals surface area (Å²) in [7, 11) is 0.907. The van der Waals surface area contributed by atoms with Gasteiger partial charge in [0.05, 0.1) is 12.7 Å². The van der Waals surface area contributed by atoms with Gasteiger partial charge in [0.15, 0.2) is 0 Å². The number of carbonyl (C=O) groups is 1. The van der Waals surface area contributed by atoms with Crippen LogP contribution in [0.2, 0.25) is 6.82 Å². The predicted octanol–water partition coefficient (Wildman–Crippen LogP) is 1.07. The van der Waals surface area contributed by atoms with E-state index in [1.165, 1.54) is 7.11 Å². The number of nitrogens with zero attached hydrogens (tertiary/aromatic N) is 2. The van der Waals surface area contributed by atoms with Gasteiger partial charge in [-0.2, -0.15) is 0 Å². The van der Waals surface area contributed by atoms with Crippen LogP contribution in [-0.4, -0.2) is 48.3 Å². The SMILES string of the molecule is COC(=O)c1ccc(N2C3CCC2CC(NB(C)O)C3)nc1. The zero-order valence-electron chi connectivity index (χ0n) is 13.0. The Hall–Kier alpha value is -1.60. The number of esters is 1. The molecular weight excluding hydrogens is 281 g/mol. The molecule has 118 valence electrons. The highest BCUT2D eigenvalue weighted by atomic mass is 16.5. The van der Waals surface area contributed by atoms with Crippen LogP contribution in [-0.2, 0) is 4.74 Å². The maximum Gasteiger partial charge on any atom is 0.373 e. The van der Waals surface area contributed by atoms with Crippen LogP contribution in [0.25, 0.3) is 0 Å². The molecule has 2 unspecified atom stereocenters. The number of rotatable bonds is 4. The molecule has 2 aliphatic heterocycles. The summed E-state index contributed by atoms with van der Waals surface area (Å²) in [5.41, 5.74) is 0.476. The van der Waals surface area contributed by atoms with E-state index in [0.29, 0.717) is 23.7 Å². The third-order valence-corrected chi connectivity index (χ3v) is 4.64. The molecule has 2 bridgehead atoms. The molecule has 1 aromatic heterocycles. The number of ether oxygens (including phenoxy) is 1. The lowest BCUT2D eigenvalue weighted by atomic mass is 9.84. The van der Waals surface area contributed by atoms with Gasteiger partial charge in [-0.3, -0.25) is 0 Å². The average molecular weight is 303 g/mol. The van der Waals surface area contributed by atoms with E-state index >= 15 is 0 Å². The molecule has 22 heavy (non-hydrogen) atoms. The standard InChI is InChI=1S/C15H22BN3O3/c1-16(21)18-11-7-12-4-5-13(8-11)19(12)14-6-3-10(9-17-14)15(20)22-2/h3,6,9,11-13,18,21H,4-5,7-8H2,1-2H3. The molecule has 0 aliphatic carbocycles. The molecule has 2 saturated heterocycles. The molecule has 2 atom stereocenters. The van der Waals surface area contributed by atoms with Crippen molar-refractivity contribution in [1.29, 1.82) is 0 Å². The number of pyridine rings is 1. The molecule has 0 amide bonds. The molecule has 3 heterocycles. The van der Waals surface area contributed by atoms with Crippen molar-refractivity contribution in [2.45, 2.75) is 50.6 Å². The summed E-state index contributed by atoms with van der Waals surface area (Å²) in [6.45, 7) is 1.77. The van der Waals surface area contributed by atoms with Gasteiger partial charge < -0.3 is 19.9 Å². The van der Waals surface area contributed by atoms with Gasteiger partial charge in [-0.05, 0) is 44.6 Å². The van der Waals surface area contributed by atoms with Crippen LogP contribution in [0.5, 0.6) is 0 Å². The zero-order chi connectivity index (χ0) is 15.7. The lowest BCUT2D eigenvalue weighted by Gasteiger charge is -2.40. The highest BCUT2D eigenvalue weighted by Crippen LogP contribution is 2.38. The fraction of sp³-hybridized carbons (Fsp3) is 0.600. The van der Waals surface area contributed by atoms with E-state index in [9.17, 15) is 9.82 Å². The van der Waals surface area contributed by atoms with Crippen LogP contribution >= 0.6 is 0 Å². The fourth-order valence-corrected chi connectivity index (χ4v) is 3.81. The van der Waals surface area contributed by atoms with Gasteiger partial charge in [0.1, 0.15) is 5.82 Å². The van der Waals surface area contributed by atoms with Crippen molar-refractivity contribution in [2.75, 3.05) is 12.0 Å². The lowest BCUT2D eigenvalue weighted by molar-refractivity contribution is 0.0600. The second-order valence-corrected chi connectivity index (χ2v) is 6.20. The Morgan fingerprint density at radius 2 is 2.09 bits per heavy atom. The molecule has 3 rings (SSSR count). The van der Waals surface area contributed by atoms with E-state index in [1.807, 2.05) is 6.07 Å². The number of nitrogens with one attached hydrogen (secondary N) is 1. The first-order chi connectivity index (χ1) is 10.6. The third-order valence-electron chi connectivity index (χ3n) is 4.64. The van der Waals surface area contributed by atoms with Crippen LogP contribution in [0.4, 0.5) is 5.82 Å². The minimum absolute atomic E-state index is 0.359. The summed E-state index contributed by atoms with van der Waals surface area (Å²) < 4.78 is 4.70. The number of anilines is 1. The Balaban J connectivity index is 1.72. The van der Waals surface area contributed by atoms with Crippen LogP contribution < -0.4 is 10.1 Å². The van der Waals surface area contributed by atoms with E-state index in [-0.39, 0.29) is 5.97 Å². The Labute approximate surface area is 131 Å². The van der Waals surface area contributed by atoms with Gasteiger partial charge in [-0.1, -0.05) is 0 Å². The highest BCUT2D eigenvalue weighted by Gasteiger charge is 2.41. The van der Waals surface area contributed by atoms with E-state index < -0.39 is 7.05 Å². The van der Waals surface area contributed by atoms with Crippen molar-refractivity contribution in [3.8, 4) is 0 Å². The Morgan fingerprint density at radius 3 is 2.59 bits per heavy atom. The number of hydrogen-bond donors (Lipinski definition) is 2. The van der Waals surface area contributed by atoms with Crippen molar-refractivity contribution in [2.24, 2.45) is 0 Å². The minimum atomic E-state index is -0.464. The maximum atomic E-state index is 11.5. The zero-order valence-corrected chi connectivity index (χ0v) is 13.0. The smallest absolute Gasteiger partial charge is 0.373 e. The van der Waals surface area contributed by atoms with E-state index in [0.717, 1.165) is 31.5 Å². The summed E-state index contributed by atoms with van der Waals surface area (Å²) in [5, 5.41) is 12.7. The summed E-state index contributed by atoms with van der Waals surface area (Å²) >= 11 is 0. The Morgan fingerprint density at radius 1 is 1.41 bits per heavy atom. The summed E-state index contributed by atoms with van der Waals surface area (Å²) in [6, 6.07) is 4.94. The number of fused-ring (bicyclic) bond motifs is 2. The lowest BCUT2D eigenvalue weighted by Crippen LogP contribution is -2.52. The van der Waals surface area contributed by atoms with Gasteiger partial charge in [-0.25, -0.2) is 9.78 Å². The Kier molecular flexibility index (Phi) is 4.36. The van der Waals surface area contributed by atoms with Crippen molar-refractivity contribution < 1.29 is 14.6 Å². The van der Waals surface area contributed by atoms with Gasteiger partial charge in [-0.15, -0.1) is 0 Å². The molecule has 1 aromatic rings. The maximum absolute atomic E-state index is 11.5. The van der Waals surface area contributed by atoms with E-state index in [4.69, 9.17) is 4.74 Å². The van der Waals surface area contributed by atoms with Gasteiger partial charge in [0.25, 0.3) is 0 Å². The topological polar surface area (TPSA) is 74.7 Å². The third kappa shape index (κ3) is 2.96. The molecule has 0 radical (unpaired) electrons.